The van der Waals surface area contributed by atoms with Crippen molar-refractivity contribution in [1.29, 1.82) is 0 Å². The van der Waals surface area contributed by atoms with Crippen molar-refractivity contribution in [1.82, 2.24) is 0 Å². The van der Waals surface area contributed by atoms with Crippen LogP contribution in [0.25, 0.3) is 0 Å². The third-order valence-electron chi connectivity index (χ3n) is 10.9. The zero-order chi connectivity index (χ0) is 51.7. The Bertz CT molecular complexity index is 1310. The molecule has 12 nitrogen and oxygen atoms in total. The molecule has 408 valence electrons. The van der Waals surface area contributed by atoms with Gasteiger partial charge in [0, 0.05) is 100 Å². The molecular formula is C54H104O12Si4. The lowest BCUT2D eigenvalue weighted by Gasteiger charge is -2.36. The highest BCUT2D eigenvalue weighted by Crippen LogP contribution is 2.21. The van der Waals surface area contributed by atoms with Gasteiger partial charge in [0.2, 0.25) is 0 Å². The maximum atomic E-state index is 6.71. The molecule has 0 atom stereocenters. The summed E-state index contributed by atoms with van der Waals surface area (Å²) in [5.74, 6) is 0. The lowest BCUT2D eigenvalue weighted by Crippen LogP contribution is -2.70. The Hall–Kier alpha value is -1.17. The summed E-state index contributed by atoms with van der Waals surface area (Å²) in [5, 5.41) is 3.76. The minimum atomic E-state index is -3.29. The first-order valence-electron chi connectivity index (χ1n) is 28.1. The van der Waals surface area contributed by atoms with Gasteiger partial charge in [-0.1, -0.05) is 170 Å². The fourth-order valence-corrected chi connectivity index (χ4v) is 19.9. The number of hydrogen-bond acceptors (Lipinski definition) is 12. The Morgan fingerprint density at radius 2 is 0.357 bits per heavy atom. The Morgan fingerprint density at radius 3 is 0.486 bits per heavy atom. The van der Waals surface area contributed by atoms with Crippen molar-refractivity contribution in [3.05, 3.63) is 48.5 Å². The van der Waals surface area contributed by atoms with E-state index in [2.05, 4.69) is 119 Å². The summed E-state index contributed by atoms with van der Waals surface area (Å²) in [7, 11) is -13.0. The molecule has 70 heavy (non-hydrogen) atoms. The Kier molecular flexibility index (Phi) is 40.2. The second-order valence-corrected chi connectivity index (χ2v) is 27.7. The van der Waals surface area contributed by atoms with E-state index in [1.54, 1.807) is 0 Å². The van der Waals surface area contributed by atoms with Gasteiger partial charge in [-0.3, -0.25) is 0 Å². The second kappa shape index (κ2) is 42.1. The van der Waals surface area contributed by atoms with E-state index < -0.39 is 35.2 Å². The predicted molar refractivity (Wildman–Crippen MR) is 297 cm³/mol. The second-order valence-electron chi connectivity index (χ2n) is 17.6. The Labute approximate surface area is 433 Å². The van der Waals surface area contributed by atoms with Crippen LogP contribution < -0.4 is 20.7 Å². The van der Waals surface area contributed by atoms with Crippen LogP contribution in [0.3, 0.4) is 0 Å². The van der Waals surface area contributed by atoms with E-state index in [-0.39, 0.29) is 0 Å². The molecule has 0 aliphatic rings. The van der Waals surface area contributed by atoms with Crippen LogP contribution in [0.1, 0.15) is 199 Å². The van der Waals surface area contributed by atoms with Gasteiger partial charge in [0.15, 0.2) is 0 Å². The van der Waals surface area contributed by atoms with Gasteiger partial charge in [0.25, 0.3) is 0 Å². The summed E-state index contributed by atoms with van der Waals surface area (Å²) in [6.45, 7) is 32.7. The normalized spacial score (nSPS) is 12.4. The molecular weight excluding hydrogens is 953 g/mol. The van der Waals surface area contributed by atoms with Crippen LogP contribution in [0.4, 0.5) is 0 Å². The van der Waals surface area contributed by atoms with Gasteiger partial charge in [0.1, 0.15) is 0 Å². The van der Waals surface area contributed by atoms with Gasteiger partial charge in [-0.25, -0.2) is 0 Å². The summed E-state index contributed by atoms with van der Waals surface area (Å²) in [6, 6.07) is 16.5. The molecule has 0 amide bonds. The predicted octanol–water partition coefficient (Wildman–Crippen LogP) is 11.4. The fraction of sp³-hybridized carbons (Fsp3) is 0.778. The van der Waals surface area contributed by atoms with Crippen molar-refractivity contribution in [3.63, 3.8) is 0 Å². The van der Waals surface area contributed by atoms with Crippen molar-refractivity contribution in [3.8, 4) is 0 Å². The van der Waals surface area contributed by atoms with Crippen LogP contribution in [0, 0.1) is 0 Å². The van der Waals surface area contributed by atoms with Crippen molar-refractivity contribution >= 4 is 56.0 Å². The summed E-state index contributed by atoms with van der Waals surface area (Å²) >= 11 is 0. The van der Waals surface area contributed by atoms with Crippen LogP contribution in [0.15, 0.2) is 48.5 Å². The molecule has 0 N–H and O–H groups in total. The molecule has 0 saturated heterocycles. The standard InChI is InChI=1S/C30H58O6Si2.C24H46O6Si2/c1-7-13-23-31-37(32-24-14-8-2,33-25-15-9-3)29-21-19-20-22-30(29)38(34-26-16-10-4,35-27-17-11-5)36-28-18-12-6;1-7-17-25-31(26-18-8-2,27-19-9-3)23-15-13-14-16-24(23)32(28-20-10-4,29-21-11-5)30-22-12-6/h19-22H,7-18,23-28H2,1-6H3;13-16H,7-12,17-22H2,1-6H3. The molecule has 0 saturated carbocycles. The molecule has 16 heteroatoms. The third kappa shape index (κ3) is 23.6. The third-order valence-corrected chi connectivity index (χ3v) is 22.8. The first-order valence-corrected chi connectivity index (χ1v) is 35.0. The maximum Gasteiger partial charge on any atom is 0.537 e. The van der Waals surface area contributed by atoms with Crippen LogP contribution >= 0.6 is 0 Å². The molecule has 0 spiro atoms. The van der Waals surface area contributed by atoms with Gasteiger partial charge >= 0.3 is 35.2 Å². The monoisotopic (exact) mass is 1060 g/mol. The molecule has 0 aliphatic carbocycles. The lowest BCUT2D eigenvalue weighted by atomic mass is 10.4. The van der Waals surface area contributed by atoms with Crippen LogP contribution in [0.2, 0.25) is 0 Å². The quantitative estimate of drug-likeness (QED) is 0.0465. The van der Waals surface area contributed by atoms with Gasteiger partial charge in [0.05, 0.1) is 0 Å². The van der Waals surface area contributed by atoms with Crippen LogP contribution in [-0.2, 0) is 53.1 Å². The number of rotatable bonds is 46. The molecule has 0 aromatic heterocycles. The van der Waals surface area contributed by atoms with E-state index in [9.17, 15) is 0 Å². The summed E-state index contributed by atoms with van der Waals surface area (Å²) in [5.41, 5.74) is 0. The average molecular weight is 1060 g/mol. The average Bonchev–Trinajstić information content (AvgIpc) is 3.39. The van der Waals surface area contributed by atoms with Crippen molar-refractivity contribution in [2.24, 2.45) is 0 Å². The Morgan fingerprint density at radius 1 is 0.214 bits per heavy atom. The molecule has 2 rings (SSSR count). The minimum absolute atomic E-state index is 0.573. The van der Waals surface area contributed by atoms with Crippen molar-refractivity contribution in [2.75, 3.05) is 79.3 Å². The van der Waals surface area contributed by atoms with E-state index in [0.717, 1.165) is 136 Å². The Balaban J connectivity index is 0.000000710. The smallest absolute Gasteiger partial charge is 0.370 e. The van der Waals surface area contributed by atoms with Gasteiger partial charge < -0.3 is 53.1 Å². The SMILES string of the molecule is CCCCO[Si](OCCCC)(OCCCC)c1ccccc1[Si](OCCCC)(OCCCC)OCCCC.CCCO[Si](OCCC)(OCCC)c1ccccc1[Si](OCCC)(OCCC)OCCC. The maximum absolute atomic E-state index is 6.71. The lowest BCUT2D eigenvalue weighted by molar-refractivity contribution is 0.0651. The molecule has 0 unspecified atom stereocenters. The topological polar surface area (TPSA) is 111 Å². The van der Waals surface area contributed by atoms with E-state index >= 15 is 0 Å². The number of benzene rings is 2. The highest BCUT2D eigenvalue weighted by Gasteiger charge is 2.55. The highest BCUT2D eigenvalue weighted by molar-refractivity contribution is 6.87. The first kappa shape index (κ1) is 66.8. The summed E-state index contributed by atoms with van der Waals surface area (Å²) in [4.78, 5) is 0. The number of unbranched alkanes of at least 4 members (excludes halogenated alkanes) is 6. The van der Waals surface area contributed by atoms with Crippen molar-refractivity contribution in [2.45, 2.75) is 199 Å². The van der Waals surface area contributed by atoms with E-state index in [0.29, 0.717) is 79.3 Å². The zero-order valence-corrected chi connectivity index (χ0v) is 50.7. The van der Waals surface area contributed by atoms with E-state index in [1.165, 1.54) is 0 Å². The fourth-order valence-electron chi connectivity index (χ4n) is 6.99. The van der Waals surface area contributed by atoms with Crippen LogP contribution in [-0.4, -0.2) is 115 Å². The van der Waals surface area contributed by atoms with Gasteiger partial charge in [-0.05, 0) is 77.0 Å². The minimum Gasteiger partial charge on any atom is -0.370 e. The molecule has 2 aromatic carbocycles. The summed E-state index contributed by atoms with van der Waals surface area (Å²) in [6.07, 6.45) is 17.4. The van der Waals surface area contributed by atoms with E-state index in [4.69, 9.17) is 53.1 Å². The molecule has 0 radical (unpaired) electrons. The van der Waals surface area contributed by atoms with Crippen molar-refractivity contribution < 1.29 is 53.1 Å². The molecule has 0 bridgehead atoms. The zero-order valence-electron chi connectivity index (χ0n) is 46.7. The van der Waals surface area contributed by atoms with Gasteiger partial charge in [-0.2, -0.15) is 0 Å². The highest BCUT2D eigenvalue weighted by atomic mass is 28.4. The summed E-state index contributed by atoms with van der Waals surface area (Å²) < 4.78 is 79.1. The van der Waals surface area contributed by atoms with Gasteiger partial charge in [-0.15, -0.1) is 0 Å². The first-order chi connectivity index (χ1) is 34.2. The molecule has 0 fully saturated rings. The van der Waals surface area contributed by atoms with Crippen LogP contribution in [0.5, 0.6) is 0 Å². The number of hydrogen-bond donors (Lipinski definition) is 0. The molecule has 2 aromatic rings. The largest absolute Gasteiger partial charge is 0.537 e. The molecule has 0 heterocycles. The van der Waals surface area contributed by atoms with E-state index in [1.807, 2.05) is 12.1 Å². The molecule has 0 aliphatic heterocycles.